The highest BCUT2D eigenvalue weighted by Crippen LogP contribution is 2.42. The minimum absolute atomic E-state index is 0.157. The van der Waals surface area contributed by atoms with Gasteiger partial charge >= 0.3 is 18.0 Å². The average Bonchev–Trinajstić information content (AvgIpc) is 3.32. The van der Waals surface area contributed by atoms with Crippen molar-refractivity contribution in [1.29, 1.82) is 0 Å². The molecule has 33 heavy (non-hydrogen) atoms. The third-order valence-corrected chi connectivity index (χ3v) is 6.84. The monoisotopic (exact) mass is 459 g/mol. The number of ether oxygens (including phenoxy) is 3. The molecule has 1 aliphatic carbocycles. The zero-order chi connectivity index (χ0) is 23.6. The van der Waals surface area contributed by atoms with Gasteiger partial charge in [-0.1, -0.05) is 62.4 Å². The molecular weight excluding hydrogens is 422 g/mol. The van der Waals surface area contributed by atoms with Gasteiger partial charge in [0, 0.05) is 18.5 Å². The van der Waals surface area contributed by atoms with Crippen molar-refractivity contribution in [3.63, 3.8) is 0 Å². The van der Waals surface area contributed by atoms with Crippen LogP contribution in [0.15, 0.2) is 30.3 Å². The molecule has 1 heterocycles. The van der Waals surface area contributed by atoms with Crippen LogP contribution in [0, 0.1) is 17.8 Å². The summed E-state index contributed by atoms with van der Waals surface area (Å²) >= 11 is 0. The van der Waals surface area contributed by atoms with Gasteiger partial charge in [-0.25, -0.2) is 4.79 Å². The van der Waals surface area contributed by atoms with Crippen molar-refractivity contribution < 1.29 is 28.6 Å². The fourth-order valence-corrected chi connectivity index (χ4v) is 5.42. The molecule has 1 saturated heterocycles. The molecule has 7 nitrogen and oxygen atoms in total. The molecule has 0 spiro atoms. The lowest BCUT2D eigenvalue weighted by molar-refractivity contribution is -0.167. The van der Waals surface area contributed by atoms with E-state index in [9.17, 15) is 14.4 Å². The number of hydrogen-bond donors (Lipinski definition) is 0. The lowest BCUT2D eigenvalue weighted by Gasteiger charge is -2.40. The van der Waals surface area contributed by atoms with Crippen LogP contribution in [-0.2, 0) is 30.4 Å². The van der Waals surface area contributed by atoms with Gasteiger partial charge in [0.2, 0.25) is 0 Å². The Morgan fingerprint density at radius 1 is 0.879 bits per heavy atom. The largest absolute Gasteiger partial charge is 0.465 e. The van der Waals surface area contributed by atoms with Crippen LogP contribution in [0.2, 0.25) is 0 Å². The smallest absolute Gasteiger partial charge is 0.410 e. The summed E-state index contributed by atoms with van der Waals surface area (Å²) in [7, 11) is 0. The molecule has 1 aromatic rings. The molecule has 2 fully saturated rings. The number of benzene rings is 1. The Labute approximate surface area is 196 Å². The van der Waals surface area contributed by atoms with E-state index in [2.05, 4.69) is 0 Å². The summed E-state index contributed by atoms with van der Waals surface area (Å²) in [5.74, 6) is -2.30. The minimum atomic E-state index is -1.03. The fourth-order valence-electron chi connectivity index (χ4n) is 5.42. The molecule has 0 radical (unpaired) electrons. The van der Waals surface area contributed by atoms with Gasteiger partial charge in [0.1, 0.15) is 6.61 Å². The average molecular weight is 460 g/mol. The van der Waals surface area contributed by atoms with E-state index in [1.54, 1.807) is 18.7 Å². The number of carbonyl (C=O) groups excluding carboxylic acids is 3. The van der Waals surface area contributed by atoms with Crippen LogP contribution in [-0.4, -0.2) is 48.7 Å². The summed E-state index contributed by atoms with van der Waals surface area (Å²) in [4.78, 5) is 40.9. The van der Waals surface area contributed by atoms with Gasteiger partial charge in [-0.3, -0.25) is 9.59 Å². The van der Waals surface area contributed by atoms with Crippen LogP contribution in [0.25, 0.3) is 0 Å². The van der Waals surface area contributed by atoms with Gasteiger partial charge in [-0.2, -0.15) is 0 Å². The second-order valence-electron chi connectivity index (χ2n) is 8.90. The number of likely N-dealkylation sites (tertiary alicyclic amines) is 1. The molecule has 2 atom stereocenters. The maximum absolute atomic E-state index is 13.1. The van der Waals surface area contributed by atoms with E-state index in [1.807, 2.05) is 30.3 Å². The molecule has 2 unspecified atom stereocenters. The molecule has 1 aromatic carbocycles. The summed E-state index contributed by atoms with van der Waals surface area (Å²) in [5.41, 5.74) is 0.918. The van der Waals surface area contributed by atoms with Gasteiger partial charge in [0.05, 0.1) is 13.2 Å². The van der Waals surface area contributed by atoms with Gasteiger partial charge < -0.3 is 19.1 Å². The van der Waals surface area contributed by atoms with Crippen LogP contribution < -0.4 is 0 Å². The summed E-state index contributed by atoms with van der Waals surface area (Å²) < 4.78 is 16.3. The Kier molecular flexibility index (Phi) is 9.58. The first kappa shape index (κ1) is 25.1. The summed E-state index contributed by atoms with van der Waals surface area (Å²) in [6.45, 7) is 4.60. The molecule has 1 saturated carbocycles. The lowest BCUT2D eigenvalue weighted by atomic mass is 9.70. The van der Waals surface area contributed by atoms with Crippen molar-refractivity contribution >= 4 is 18.0 Å². The Balaban J connectivity index is 1.85. The number of esters is 2. The van der Waals surface area contributed by atoms with E-state index >= 15 is 0 Å². The van der Waals surface area contributed by atoms with Crippen molar-refractivity contribution in [2.45, 2.75) is 71.4 Å². The van der Waals surface area contributed by atoms with Gasteiger partial charge in [-0.15, -0.1) is 0 Å². The maximum Gasteiger partial charge on any atom is 0.410 e. The molecule has 2 aliphatic rings. The predicted molar refractivity (Wildman–Crippen MR) is 123 cm³/mol. The van der Waals surface area contributed by atoms with Crippen LogP contribution in [0.1, 0.15) is 64.4 Å². The first-order valence-electron chi connectivity index (χ1n) is 12.4. The van der Waals surface area contributed by atoms with E-state index in [0.717, 1.165) is 50.5 Å². The second kappa shape index (κ2) is 12.6. The van der Waals surface area contributed by atoms with Crippen molar-refractivity contribution in [3.8, 4) is 0 Å². The molecule has 0 N–H and O–H groups in total. The normalized spacial score (nSPS) is 19.8. The SMILES string of the molecule is CCOC(=O)C(C(=O)OCC)C(C1CCCCC1)C1CCCN1C(=O)OCc1ccccc1. The van der Waals surface area contributed by atoms with E-state index in [0.29, 0.717) is 6.54 Å². The van der Waals surface area contributed by atoms with E-state index in [4.69, 9.17) is 14.2 Å². The third-order valence-electron chi connectivity index (χ3n) is 6.84. The van der Waals surface area contributed by atoms with Crippen LogP contribution in [0.4, 0.5) is 4.79 Å². The molecule has 1 aliphatic heterocycles. The maximum atomic E-state index is 13.1. The Morgan fingerprint density at radius 3 is 2.12 bits per heavy atom. The quantitative estimate of drug-likeness (QED) is 0.302. The van der Waals surface area contributed by atoms with Crippen LogP contribution >= 0.6 is 0 Å². The molecule has 0 aromatic heterocycles. The van der Waals surface area contributed by atoms with Crippen molar-refractivity contribution in [2.75, 3.05) is 19.8 Å². The first-order chi connectivity index (χ1) is 16.1. The Morgan fingerprint density at radius 2 is 1.52 bits per heavy atom. The zero-order valence-corrected chi connectivity index (χ0v) is 19.9. The van der Waals surface area contributed by atoms with E-state index in [1.165, 1.54) is 0 Å². The molecule has 182 valence electrons. The summed E-state index contributed by atoms with van der Waals surface area (Å²) in [6.07, 6.45) is 6.29. The summed E-state index contributed by atoms with van der Waals surface area (Å²) in [6, 6.07) is 9.31. The second-order valence-corrected chi connectivity index (χ2v) is 8.90. The molecule has 0 bridgehead atoms. The third kappa shape index (κ3) is 6.49. The standard InChI is InChI=1S/C26H37NO6/c1-3-31-24(28)23(25(29)32-4-2)22(20-14-9-6-10-15-20)21-16-11-17-27(21)26(30)33-18-19-12-7-5-8-13-19/h5,7-8,12-13,20-23H,3-4,6,9-11,14-18H2,1-2H3. The van der Waals surface area contributed by atoms with Gasteiger partial charge in [-0.05, 0) is 38.2 Å². The number of nitrogens with zero attached hydrogens (tertiary/aromatic N) is 1. The molecule has 7 heteroatoms. The Bertz CT molecular complexity index is 758. The van der Waals surface area contributed by atoms with Gasteiger partial charge in [0.25, 0.3) is 0 Å². The highest BCUT2D eigenvalue weighted by Gasteiger charge is 2.49. The fraction of sp³-hybridized carbons (Fsp3) is 0.654. The van der Waals surface area contributed by atoms with Crippen molar-refractivity contribution in [2.24, 2.45) is 17.8 Å². The van der Waals surface area contributed by atoms with Gasteiger partial charge in [0.15, 0.2) is 5.92 Å². The number of rotatable bonds is 9. The molecular formula is C26H37NO6. The van der Waals surface area contributed by atoms with E-state index in [-0.39, 0.29) is 37.7 Å². The highest BCUT2D eigenvalue weighted by molar-refractivity contribution is 5.95. The van der Waals surface area contributed by atoms with Crippen molar-refractivity contribution in [1.82, 2.24) is 4.90 Å². The first-order valence-corrected chi connectivity index (χ1v) is 12.4. The van der Waals surface area contributed by atoms with Crippen LogP contribution in [0.5, 0.6) is 0 Å². The minimum Gasteiger partial charge on any atom is -0.465 e. The number of carbonyl (C=O) groups is 3. The van der Waals surface area contributed by atoms with Crippen LogP contribution in [0.3, 0.4) is 0 Å². The highest BCUT2D eigenvalue weighted by atomic mass is 16.6. The number of hydrogen-bond acceptors (Lipinski definition) is 6. The molecule has 3 rings (SSSR count). The number of amides is 1. The Hall–Kier alpha value is -2.57. The predicted octanol–water partition coefficient (Wildman–Crippen LogP) is 4.73. The molecule has 1 amide bonds. The van der Waals surface area contributed by atoms with E-state index < -0.39 is 23.9 Å². The lowest BCUT2D eigenvalue weighted by Crippen LogP contribution is -2.50. The summed E-state index contributed by atoms with van der Waals surface area (Å²) in [5, 5.41) is 0. The zero-order valence-electron chi connectivity index (χ0n) is 19.9. The topological polar surface area (TPSA) is 82.1 Å². The van der Waals surface area contributed by atoms with Crippen molar-refractivity contribution in [3.05, 3.63) is 35.9 Å².